The first kappa shape index (κ1) is 17.0. The fourth-order valence-corrected chi connectivity index (χ4v) is 2.21. The van der Waals surface area contributed by atoms with E-state index in [2.05, 4.69) is 26.6 Å². The van der Waals surface area contributed by atoms with Crippen molar-refractivity contribution in [1.29, 1.82) is 0 Å². The number of rotatable bonds is 3. The molecule has 2 aromatic carbocycles. The predicted octanol–water partition coefficient (Wildman–Crippen LogP) is 1.76. The smallest absolute Gasteiger partial charge is 0.419 e. The summed E-state index contributed by atoms with van der Waals surface area (Å²) in [6, 6.07) is 14.1. The minimum absolute atomic E-state index is 0.0892. The fourth-order valence-electron chi connectivity index (χ4n) is 2.21. The van der Waals surface area contributed by atoms with Crippen LogP contribution >= 0.6 is 0 Å². The highest BCUT2D eigenvalue weighted by molar-refractivity contribution is 5.78. The van der Waals surface area contributed by atoms with Gasteiger partial charge in [0.1, 0.15) is 6.61 Å². The third kappa shape index (κ3) is 4.39. The first-order chi connectivity index (χ1) is 12.6. The molecule has 7 heteroatoms. The van der Waals surface area contributed by atoms with Gasteiger partial charge in [-0.15, -0.1) is 0 Å². The minimum Gasteiger partial charge on any atom is -0.445 e. The number of carbonyl (C=O) groups excluding carboxylic acids is 1. The Labute approximate surface area is 147 Å². The number of carbonyl (C=O) groups is 1. The molecule has 3 rings (SSSR count). The zero-order valence-electron chi connectivity index (χ0n) is 13.6. The Morgan fingerprint density at radius 3 is 2.77 bits per heavy atom. The molecule has 0 aliphatic heterocycles. The maximum absolute atomic E-state index is 11.7. The van der Waals surface area contributed by atoms with E-state index in [9.17, 15) is 14.4 Å². The van der Waals surface area contributed by atoms with Gasteiger partial charge in [-0.1, -0.05) is 42.2 Å². The Morgan fingerprint density at radius 2 is 1.96 bits per heavy atom. The lowest BCUT2D eigenvalue weighted by Gasteiger charge is -2.04. The molecule has 3 aromatic rings. The van der Waals surface area contributed by atoms with Gasteiger partial charge in [0.05, 0.1) is 17.4 Å². The first-order valence-corrected chi connectivity index (χ1v) is 7.72. The lowest BCUT2D eigenvalue weighted by molar-refractivity contribution is 0.141. The number of alkyl carbamates (subject to hydrolysis) is 1. The summed E-state index contributed by atoms with van der Waals surface area (Å²) in [5.74, 6) is 4.77. The molecule has 0 unspecified atom stereocenters. The topological polar surface area (TPSA) is 101 Å². The van der Waals surface area contributed by atoms with E-state index in [1.807, 2.05) is 30.3 Å². The van der Waals surface area contributed by atoms with Crippen molar-refractivity contribution in [1.82, 2.24) is 10.3 Å². The van der Waals surface area contributed by atoms with Crippen molar-refractivity contribution in [3.63, 3.8) is 0 Å². The van der Waals surface area contributed by atoms with Crippen molar-refractivity contribution in [3.05, 3.63) is 80.6 Å². The standard InChI is InChI=1S/C19H14N2O5/c22-17-15-11-13(8-9-16(15)21-19(24)26-17)7-4-10-20-18(23)25-12-14-5-2-1-3-6-14/h1-3,5-6,8-9,11H,10,12H2,(H,20,23)(H,21,24). The first-order valence-electron chi connectivity index (χ1n) is 7.72. The van der Waals surface area contributed by atoms with Crippen LogP contribution in [0.5, 0.6) is 0 Å². The van der Waals surface area contributed by atoms with Crippen LogP contribution in [0, 0.1) is 11.8 Å². The molecule has 1 heterocycles. The van der Waals surface area contributed by atoms with Crippen molar-refractivity contribution >= 4 is 17.0 Å². The Bertz CT molecular complexity index is 1100. The van der Waals surface area contributed by atoms with E-state index < -0.39 is 17.5 Å². The summed E-state index contributed by atoms with van der Waals surface area (Å²) in [7, 11) is 0. The zero-order valence-corrected chi connectivity index (χ0v) is 13.6. The number of amides is 1. The molecule has 0 radical (unpaired) electrons. The second kappa shape index (κ2) is 7.85. The molecule has 0 aliphatic rings. The van der Waals surface area contributed by atoms with E-state index in [0.717, 1.165) is 5.56 Å². The Kier molecular flexibility index (Phi) is 5.15. The van der Waals surface area contributed by atoms with Crippen molar-refractivity contribution in [2.24, 2.45) is 0 Å². The summed E-state index contributed by atoms with van der Waals surface area (Å²) >= 11 is 0. The lowest BCUT2D eigenvalue weighted by Crippen LogP contribution is -2.24. The number of aromatic nitrogens is 1. The quantitative estimate of drug-likeness (QED) is 0.701. The lowest BCUT2D eigenvalue weighted by atomic mass is 10.1. The molecule has 0 saturated heterocycles. The molecule has 0 fully saturated rings. The number of hydrogen-bond acceptors (Lipinski definition) is 5. The van der Waals surface area contributed by atoms with Crippen LogP contribution in [0.4, 0.5) is 4.79 Å². The van der Waals surface area contributed by atoms with Gasteiger partial charge in [0.15, 0.2) is 0 Å². The Hall–Kier alpha value is -3.79. The molecule has 0 saturated carbocycles. The van der Waals surface area contributed by atoms with Crippen molar-refractivity contribution < 1.29 is 13.9 Å². The fraction of sp³-hybridized carbons (Fsp3) is 0.105. The molecular weight excluding hydrogens is 336 g/mol. The number of hydrogen-bond donors (Lipinski definition) is 2. The highest BCUT2D eigenvalue weighted by Crippen LogP contribution is 2.07. The number of fused-ring (bicyclic) bond motifs is 1. The average molecular weight is 350 g/mol. The molecule has 0 spiro atoms. The van der Waals surface area contributed by atoms with Gasteiger partial charge in [0.2, 0.25) is 0 Å². The van der Waals surface area contributed by atoms with Crippen LogP contribution in [0.3, 0.4) is 0 Å². The molecule has 1 aromatic heterocycles. The van der Waals surface area contributed by atoms with E-state index >= 15 is 0 Å². The van der Waals surface area contributed by atoms with Gasteiger partial charge in [0.25, 0.3) is 0 Å². The summed E-state index contributed by atoms with van der Waals surface area (Å²) in [4.78, 5) is 36.8. The summed E-state index contributed by atoms with van der Waals surface area (Å²) in [5, 5.41) is 2.75. The van der Waals surface area contributed by atoms with Gasteiger partial charge < -0.3 is 14.5 Å². The molecule has 0 bridgehead atoms. The second-order valence-corrected chi connectivity index (χ2v) is 5.28. The Morgan fingerprint density at radius 1 is 1.15 bits per heavy atom. The molecule has 0 atom stereocenters. The zero-order chi connectivity index (χ0) is 18.4. The second-order valence-electron chi connectivity index (χ2n) is 5.28. The molecule has 130 valence electrons. The predicted molar refractivity (Wildman–Crippen MR) is 94.6 cm³/mol. The molecule has 1 amide bonds. The molecule has 26 heavy (non-hydrogen) atoms. The van der Waals surface area contributed by atoms with Gasteiger partial charge in [0, 0.05) is 5.56 Å². The van der Waals surface area contributed by atoms with Crippen molar-refractivity contribution in [3.8, 4) is 11.8 Å². The molecule has 0 aliphatic carbocycles. The van der Waals surface area contributed by atoms with E-state index in [1.54, 1.807) is 12.1 Å². The molecular formula is C19H14N2O5. The Balaban J connectivity index is 1.56. The molecule has 2 N–H and O–H groups in total. The summed E-state index contributed by atoms with van der Waals surface area (Å²) in [5.41, 5.74) is 1.09. The summed E-state index contributed by atoms with van der Waals surface area (Å²) < 4.78 is 9.54. The van der Waals surface area contributed by atoms with Crippen LogP contribution in [-0.4, -0.2) is 17.6 Å². The minimum atomic E-state index is -0.806. The van der Waals surface area contributed by atoms with Crippen LogP contribution in [0.1, 0.15) is 11.1 Å². The van der Waals surface area contributed by atoms with Crippen LogP contribution in [-0.2, 0) is 11.3 Å². The number of nitrogens with one attached hydrogen (secondary N) is 2. The number of benzene rings is 2. The average Bonchev–Trinajstić information content (AvgIpc) is 2.64. The number of aromatic amines is 1. The van der Waals surface area contributed by atoms with Crippen LogP contribution in [0.2, 0.25) is 0 Å². The third-order valence-corrected chi connectivity index (χ3v) is 3.43. The van der Waals surface area contributed by atoms with Crippen LogP contribution in [0.15, 0.2) is 62.5 Å². The summed E-state index contributed by atoms with van der Waals surface area (Å²) in [6.07, 6.45) is -0.570. The highest BCUT2D eigenvalue weighted by Gasteiger charge is 2.03. The van der Waals surface area contributed by atoms with E-state index in [-0.39, 0.29) is 18.5 Å². The van der Waals surface area contributed by atoms with Gasteiger partial charge in [-0.2, -0.15) is 0 Å². The summed E-state index contributed by atoms with van der Waals surface area (Å²) in [6.45, 7) is 0.268. The third-order valence-electron chi connectivity index (χ3n) is 3.43. The maximum atomic E-state index is 11.7. The van der Waals surface area contributed by atoms with Gasteiger partial charge >= 0.3 is 17.5 Å². The van der Waals surface area contributed by atoms with Gasteiger partial charge in [-0.05, 0) is 23.8 Å². The normalized spacial score (nSPS) is 10.0. The maximum Gasteiger partial charge on any atom is 0.419 e. The van der Waals surface area contributed by atoms with Crippen molar-refractivity contribution in [2.45, 2.75) is 6.61 Å². The largest absolute Gasteiger partial charge is 0.445 e. The van der Waals surface area contributed by atoms with E-state index in [0.29, 0.717) is 11.1 Å². The highest BCUT2D eigenvalue weighted by atomic mass is 16.5. The molecule has 7 nitrogen and oxygen atoms in total. The number of H-pyrrole nitrogens is 1. The number of ether oxygens (including phenoxy) is 1. The van der Waals surface area contributed by atoms with Crippen molar-refractivity contribution in [2.75, 3.05) is 6.54 Å². The SMILES string of the molecule is O=C(NCC#Cc1ccc2[nH]c(=O)oc(=O)c2c1)OCc1ccccc1. The van der Waals surface area contributed by atoms with Gasteiger partial charge in [-0.25, -0.2) is 14.4 Å². The van der Waals surface area contributed by atoms with E-state index in [1.165, 1.54) is 6.07 Å². The van der Waals surface area contributed by atoms with Crippen LogP contribution in [0.25, 0.3) is 10.9 Å². The van der Waals surface area contributed by atoms with Crippen LogP contribution < -0.4 is 16.7 Å². The van der Waals surface area contributed by atoms with Gasteiger partial charge in [-0.3, -0.25) is 4.98 Å². The van der Waals surface area contributed by atoms with E-state index in [4.69, 9.17) is 4.74 Å². The monoisotopic (exact) mass is 350 g/mol.